The van der Waals surface area contributed by atoms with Crippen molar-refractivity contribution in [3.63, 3.8) is 0 Å². The van der Waals surface area contributed by atoms with Gasteiger partial charge in [0.1, 0.15) is 5.75 Å². The molecule has 132 valence electrons. The van der Waals surface area contributed by atoms with Crippen molar-refractivity contribution in [3.8, 4) is 16.9 Å². The fourth-order valence-electron chi connectivity index (χ4n) is 3.53. The van der Waals surface area contributed by atoms with Gasteiger partial charge >= 0.3 is 0 Å². The normalized spacial score (nSPS) is 14.3. The molecular formula is C23H24N2O. The molecule has 4 rings (SSSR count). The molecular weight excluding hydrogens is 320 g/mol. The van der Waals surface area contributed by atoms with E-state index in [0.29, 0.717) is 0 Å². The molecule has 0 aliphatic carbocycles. The van der Waals surface area contributed by atoms with Crippen molar-refractivity contribution in [2.45, 2.75) is 0 Å². The van der Waals surface area contributed by atoms with Gasteiger partial charge in [-0.05, 0) is 47.5 Å². The lowest BCUT2D eigenvalue weighted by Gasteiger charge is -2.37. The summed E-state index contributed by atoms with van der Waals surface area (Å²) >= 11 is 0. The topological polar surface area (TPSA) is 15.7 Å². The second-order valence-corrected chi connectivity index (χ2v) is 6.59. The zero-order valence-corrected chi connectivity index (χ0v) is 15.1. The van der Waals surface area contributed by atoms with Crippen LogP contribution in [0.3, 0.4) is 0 Å². The number of nitrogens with zero attached hydrogens (tertiary/aromatic N) is 2. The third-order valence-corrected chi connectivity index (χ3v) is 5.04. The van der Waals surface area contributed by atoms with Crippen LogP contribution in [0.25, 0.3) is 11.1 Å². The first-order valence-corrected chi connectivity index (χ1v) is 9.13. The summed E-state index contributed by atoms with van der Waals surface area (Å²) < 4.78 is 5.25. The summed E-state index contributed by atoms with van der Waals surface area (Å²) in [5.74, 6) is 0.908. The number of hydrogen-bond donors (Lipinski definition) is 0. The van der Waals surface area contributed by atoms with Gasteiger partial charge in [0.05, 0.1) is 7.11 Å². The first kappa shape index (κ1) is 16.5. The van der Waals surface area contributed by atoms with E-state index in [9.17, 15) is 0 Å². The number of hydrogen-bond acceptors (Lipinski definition) is 3. The summed E-state index contributed by atoms with van der Waals surface area (Å²) in [6.07, 6.45) is 0. The molecule has 0 spiro atoms. The predicted molar refractivity (Wildman–Crippen MR) is 109 cm³/mol. The van der Waals surface area contributed by atoms with Gasteiger partial charge in [0.2, 0.25) is 0 Å². The molecule has 3 nitrogen and oxygen atoms in total. The van der Waals surface area contributed by atoms with Crippen molar-refractivity contribution in [3.05, 3.63) is 78.9 Å². The summed E-state index contributed by atoms with van der Waals surface area (Å²) in [5.41, 5.74) is 5.12. The van der Waals surface area contributed by atoms with Crippen molar-refractivity contribution in [1.29, 1.82) is 0 Å². The minimum Gasteiger partial charge on any atom is -0.497 e. The van der Waals surface area contributed by atoms with Crippen LogP contribution in [0.1, 0.15) is 0 Å². The van der Waals surface area contributed by atoms with Crippen LogP contribution < -0.4 is 14.5 Å². The average Bonchev–Trinajstić information content (AvgIpc) is 2.75. The summed E-state index contributed by atoms with van der Waals surface area (Å²) in [6, 6.07) is 27.8. The van der Waals surface area contributed by atoms with Crippen LogP contribution in [0.4, 0.5) is 11.4 Å². The maximum atomic E-state index is 5.25. The van der Waals surface area contributed by atoms with E-state index < -0.39 is 0 Å². The van der Waals surface area contributed by atoms with E-state index in [1.807, 2.05) is 12.1 Å². The molecule has 0 amide bonds. The lowest BCUT2D eigenvalue weighted by molar-refractivity contribution is 0.415. The molecule has 26 heavy (non-hydrogen) atoms. The molecule has 3 aromatic rings. The highest BCUT2D eigenvalue weighted by Gasteiger charge is 2.18. The number of anilines is 2. The van der Waals surface area contributed by atoms with Crippen LogP contribution in [-0.4, -0.2) is 33.3 Å². The van der Waals surface area contributed by atoms with Crippen LogP contribution >= 0.6 is 0 Å². The Bertz CT molecular complexity index is 838. The molecule has 0 aromatic heterocycles. The lowest BCUT2D eigenvalue weighted by atomic mass is 10.0. The maximum absolute atomic E-state index is 5.25. The van der Waals surface area contributed by atoms with E-state index in [-0.39, 0.29) is 0 Å². The van der Waals surface area contributed by atoms with Crippen molar-refractivity contribution >= 4 is 11.4 Å². The molecule has 0 unspecified atom stereocenters. The molecule has 0 radical (unpaired) electrons. The van der Waals surface area contributed by atoms with Gasteiger partial charge < -0.3 is 14.5 Å². The molecule has 3 aromatic carbocycles. The average molecular weight is 344 g/mol. The van der Waals surface area contributed by atoms with Gasteiger partial charge in [-0.1, -0.05) is 42.5 Å². The molecule has 0 atom stereocenters. The van der Waals surface area contributed by atoms with Gasteiger partial charge in [-0.2, -0.15) is 0 Å². The lowest BCUT2D eigenvalue weighted by Crippen LogP contribution is -2.46. The van der Waals surface area contributed by atoms with Crippen LogP contribution in [0, 0.1) is 0 Å². The first-order chi connectivity index (χ1) is 12.8. The minimum atomic E-state index is 0.908. The molecule has 1 aliphatic rings. The smallest absolute Gasteiger partial charge is 0.119 e. The Balaban J connectivity index is 1.44. The summed E-state index contributed by atoms with van der Waals surface area (Å²) in [7, 11) is 1.71. The molecule has 1 aliphatic heterocycles. The Hall–Kier alpha value is -2.94. The summed E-state index contributed by atoms with van der Waals surface area (Å²) in [5, 5.41) is 0. The minimum absolute atomic E-state index is 0.908. The standard InChI is InChI=1S/C23H24N2O/c1-26-23-12-10-21(11-13-23)24-14-16-25(17-15-24)22-9-5-8-20(18-22)19-6-3-2-4-7-19/h2-13,18H,14-17H2,1H3. The number of piperazine rings is 1. The highest BCUT2D eigenvalue weighted by atomic mass is 16.5. The predicted octanol–water partition coefficient (Wildman–Crippen LogP) is 4.69. The van der Waals surface area contributed by atoms with Crippen LogP contribution in [0.2, 0.25) is 0 Å². The Morgan fingerprint density at radius 3 is 1.88 bits per heavy atom. The fourth-order valence-corrected chi connectivity index (χ4v) is 3.53. The van der Waals surface area contributed by atoms with Crippen molar-refractivity contribution < 1.29 is 4.74 Å². The number of rotatable bonds is 4. The van der Waals surface area contributed by atoms with Gasteiger partial charge in [-0.3, -0.25) is 0 Å². The van der Waals surface area contributed by atoms with E-state index >= 15 is 0 Å². The van der Waals surface area contributed by atoms with Gasteiger partial charge in [0.15, 0.2) is 0 Å². The maximum Gasteiger partial charge on any atom is 0.119 e. The second-order valence-electron chi connectivity index (χ2n) is 6.59. The Morgan fingerprint density at radius 1 is 0.615 bits per heavy atom. The third-order valence-electron chi connectivity index (χ3n) is 5.04. The third kappa shape index (κ3) is 3.52. The Labute approximate surface area is 155 Å². The molecule has 3 heteroatoms. The monoisotopic (exact) mass is 344 g/mol. The number of methoxy groups -OCH3 is 1. The molecule has 1 heterocycles. The van der Waals surface area contributed by atoms with Gasteiger partial charge in [0, 0.05) is 37.6 Å². The molecule has 1 saturated heterocycles. The number of ether oxygens (including phenoxy) is 1. The Kier molecular flexibility index (Phi) is 4.78. The van der Waals surface area contributed by atoms with E-state index in [0.717, 1.165) is 31.9 Å². The van der Waals surface area contributed by atoms with Crippen LogP contribution in [-0.2, 0) is 0 Å². The summed E-state index contributed by atoms with van der Waals surface area (Å²) in [6.45, 7) is 4.12. The SMILES string of the molecule is COc1ccc(N2CCN(c3cccc(-c4ccccc4)c3)CC2)cc1. The van der Waals surface area contributed by atoms with E-state index in [1.54, 1.807) is 7.11 Å². The summed E-state index contributed by atoms with van der Waals surface area (Å²) in [4.78, 5) is 4.92. The molecule has 0 N–H and O–H groups in total. The van der Waals surface area contributed by atoms with Gasteiger partial charge in [-0.15, -0.1) is 0 Å². The highest BCUT2D eigenvalue weighted by Crippen LogP contribution is 2.26. The first-order valence-electron chi connectivity index (χ1n) is 9.13. The quantitative estimate of drug-likeness (QED) is 0.683. The van der Waals surface area contributed by atoms with Crippen molar-refractivity contribution in [1.82, 2.24) is 0 Å². The van der Waals surface area contributed by atoms with Crippen LogP contribution in [0.15, 0.2) is 78.9 Å². The van der Waals surface area contributed by atoms with Crippen molar-refractivity contribution in [2.75, 3.05) is 43.1 Å². The molecule has 0 saturated carbocycles. The largest absolute Gasteiger partial charge is 0.497 e. The van der Waals surface area contributed by atoms with E-state index in [4.69, 9.17) is 4.74 Å². The highest BCUT2D eigenvalue weighted by molar-refractivity contribution is 5.68. The van der Waals surface area contributed by atoms with E-state index in [1.165, 1.54) is 22.5 Å². The molecule has 0 bridgehead atoms. The van der Waals surface area contributed by atoms with Gasteiger partial charge in [0.25, 0.3) is 0 Å². The zero-order chi connectivity index (χ0) is 17.8. The Morgan fingerprint density at radius 2 is 1.23 bits per heavy atom. The molecule has 1 fully saturated rings. The van der Waals surface area contributed by atoms with Gasteiger partial charge in [-0.25, -0.2) is 0 Å². The zero-order valence-electron chi connectivity index (χ0n) is 15.1. The van der Waals surface area contributed by atoms with Crippen molar-refractivity contribution in [2.24, 2.45) is 0 Å². The van der Waals surface area contributed by atoms with Crippen LogP contribution in [0.5, 0.6) is 5.75 Å². The van der Waals surface area contributed by atoms with E-state index in [2.05, 4.69) is 76.5 Å². The number of benzene rings is 3. The fraction of sp³-hybridized carbons (Fsp3) is 0.217. The second kappa shape index (κ2) is 7.52.